The van der Waals surface area contributed by atoms with E-state index in [0.717, 1.165) is 18.0 Å². The summed E-state index contributed by atoms with van der Waals surface area (Å²) >= 11 is 7.54. The SMILES string of the molecule is O=C(CSc1ccccc1Cl)NC[C@@H]1CN2CCC[C@H]2CO1. The van der Waals surface area contributed by atoms with Crippen LogP contribution in [-0.2, 0) is 9.53 Å². The van der Waals surface area contributed by atoms with E-state index < -0.39 is 0 Å². The largest absolute Gasteiger partial charge is 0.373 e. The number of thioether (sulfide) groups is 1. The fourth-order valence-electron chi connectivity index (χ4n) is 2.99. The maximum atomic E-state index is 12.0. The Bertz CT molecular complexity index is 529. The molecule has 2 atom stereocenters. The summed E-state index contributed by atoms with van der Waals surface area (Å²) in [6, 6.07) is 8.18. The molecule has 0 unspecified atom stereocenters. The van der Waals surface area contributed by atoms with Crippen LogP contribution in [0.1, 0.15) is 12.8 Å². The summed E-state index contributed by atoms with van der Waals surface area (Å²) in [6.45, 7) is 3.49. The Kier molecular flexibility index (Phi) is 5.63. The number of amides is 1. The number of hydrogen-bond acceptors (Lipinski definition) is 4. The van der Waals surface area contributed by atoms with Gasteiger partial charge in [-0.25, -0.2) is 0 Å². The quantitative estimate of drug-likeness (QED) is 0.836. The first kappa shape index (κ1) is 16.1. The molecule has 120 valence electrons. The molecule has 2 saturated heterocycles. The first-order chi connectivity index (χ1) is 10.7. The maximum absolute atomic E-state index is 12.0. The maximum Gasteiger partial charge on any atom is 0.230 e. The van der Waals surface area contributed by atoms with Gasteiger partial charge in [-0.15, -0.1) is 11.8 Å². The smallest absolute Gasteiger partial charge is 0.230 e. The van der Waals surface area contributed by atoms with E-state index in [0.29, 0.717) is 23.4 Å². The normalized spacial score (nSPS) is 25.0. The molecule has 1 amide bonds. The highest BCUT2D eigenvalue weighted by atomic mass is 35.5. The van der Waals surface area contributed by atoms with Crippen LogP contribution in [0.15, 0.2) is 29.2 Å². The zero-order valence-electron chi connectivity index (χ0n) is 12.5. The van der Waals surface area contributed by atoms with E-state index in [1.54, 1.807) is 0 Å². The minimum Gasteiger partial charge on any atom is -0.373 e. The second kappa shape index (κ2) is 7.68. The van der Waals surface area contributed by atoms with E-state index in [9.17, 15) is 4.79 Å². The number of carbonyl (C=O) groups is 1. The molecule has 0 aliphatic carbocycles. The van der Waals surface area contributed by atoms with E-state index in [1.165, 1.54) is 31.1 Å². The fraction of sp³-hybridized carbons (Fsp3) is 0.562. The molecule has 1 aromatic rings. The van der Waals surface area contributed by atoms with Crippen LogP contribution in [0.5, 0.6) is 0 Å². The van der Waals surface area contributed by atoms with E-state index in [1.807, 2.05) is 24.3 Å². The number of halogens is 1. The summed E-state index contributed by atoms with van der Waals surface area (Å²) in [6.07, 6.45) is 2.62. The van der Waals surface area contributed by atoms with Crippen molar-refractivity contribution >= 4 is 29.3 Å². The second-order valence-electron chi connectivity index (χ2n) is 5.77. The van der Waals surface area contributed by atoms with Crippen molar-refractivity contribution in [1.82, 2.24) is 10.2 Å². The van der Waals surface area contributed by atoms with Gasteiger partial charge in [0.1, 0.15) is 0 Å². The van der Waals surface area contributed by atoms with Crippen LogP contribution in [0.3, 0.4) is 0 Å². The highest BCUT2D eigenvalue weighted by Crippen LogP contribution is 2.26. The van der Waals surface area contributed by atoms with Crippen LogP contribution in [-0.4, -0.2) is 54.9 Å². The Morgan fingerprint density at radius 1 is 1.45 bits per heavy atom. The molecular weight excluding hydrogens is 320 g/mol. The Morgan fingerprint density at radius 3 is 3.18 bits per heavy atom. The molecule has 6 heteroatoms. The standard InChI is InChI=1S/C16H21ClN2O2S/c17-14-5-1-2-6-15(14)22-11-16(20)18-8-13-9-19-7-3-4-12(19)10-21-13/h1-2,5-6,12-13H,3-4,7-11H2,(H,18,20)/t12-,13+/m0/s1. The van der Waals surface area contributed by atoms with E-state index in [-0.39, 0.29) is 12.0 Å². The van der Waals surface area contributed by atoms with Gasteiger partial charge in [-0.05, 0) is 31.5 Å². The van der Waals surface area contributed by atoms with Gasteiger partial charge >= 0.3 is 0 Å². The fourth-order valence-corrected chi connectivity index (χ4v) is 4.06. The molecular formula is C16H21ClN2O2S. The first-order valence-corrected chi connectivity index (χ1v) is 9.08. The van der Waals surface area contributed by atoms with Crippen molar-refractivity contribution in [3.63, 3.8) is 0 Å². The van der Waals surface area contributed by atoms with Crippen molar-refractivity contribution < 1.29 is 9.53 Å². The van der Waals surface area contributed by atoms with Crippen LogP contribution in [0, 0.1) is 0 Å². The highest BCUT2D eigenvalue weighted by molar-refractivity contribution is 8.00. The summed E-state index contributed by atoms with van der Waals surface area (Å²) in [5.41, 5.74) is 0. The van der Waals surface area contributed by atoms with Gasteiger partial charge in [0.25, 0.3) is 0 Å². The van der Waals surface area contributed by atoms with Crippen molar-refractivity contribution in [2.45, 2.75) is 29.9 Å². The van der Waals surface area contributed by atoms with Crippen molar-refractivity contribution in [2.75, 3.05) is 32.0 Å². The topological polar surface area (TPSA) is 41.6 Å². The molecule has 22 heavy (non-hydrogen) atoms. The molecule has 3 rings (SSSR count). The minimum absolute atomic E-state index is 0.0251. The average molecular weight is 341 g/mol. The number of hydrogen-bond donors (Lipinski definition) is 1. The summed E-state index contributed by atoms with van der Waals surface area (Å²) in [7, 11) is 0. The second-order valence-corrected chi connectivity index (χ2v) is 7.19. The molecule has 0 radical (unpaired) electrons. The number of ether oxygens (including phenoxy) is 1. The van der Waals surface area contributed by atoms with E-state index in [2.05, 4.69) is 10.2 Å². The Hall–Kier alpha value is -0.750. The minimum atomic E-state index is 0.0251. The van der Waals surface area contributed by atoms with Gasteiger partial charge in [-0.2, -0.15) is 0 Å². The van der Waals surface area contributed by atoms with Gasteiger partial charge in [0.05, 0.1) is 23.5 Å². The van der Waals surface area contributed by atoms with Gasteiger partial charge in [-0.3, -0.25) is 9.69 Å². The summed E-state index contributed by atoms with van der Waals surface area (Å²) in [4.78, 5) is 15.4. The van der Waals surface area contributed by atoms with Crippen molar-refractivity contribution in [1.29, 1.82) is 0 Å². The van der Waals surface area contributed by atoms with Gasteiger partial charge in [-0.1, -0.05) is 23.7 Å². The van der Waals surface area contributed by atoms with Gasteiger partial charge in [0.15, 0.2) is 0 Å². The van der Waals surface area contributed by atoms with Crippen LogP contribution >= 0.6 is 23.4 Å². The number of morpholine rings is 1. The zero-order valence-corrected chi connectivity index (χ0v) is 14.0. The molecule has 1 aromatic carbocycles. The monoisotopic (exact) mass is 340 g/mol. The predicted octanol–water partition coefficient (Wildman–Crippen LogP) is 2.41. The number of carbonyl (C=O) groups excluding carboxylic acids is 1. The lowest BCUT2D eigenvalue weighted by atomic mass is 10.2. The van der Waals surface area contributed by atoms with Crippen molar-refractivity contribution in [2.24, 2.45) is 0 Å². The highest BCUT2D eigenvalue weighted by Gasteiger charge is 2.32. The third-order valence-corrected chi connectivity index (χ3v) is 5.70. The average Bonchev–Trinajstić information content (AvgIpc) is 2.99. The molecule has 2 aliphatic rings. The summed E-state index contributed by atoms with van der Waals surface area (Å²) in [5, 5.41) is 3.66. The first-order valence-electron chi connectivity index (χ1n) is 7.72. The number of nitrogens with one attached hydrogen (secondary N) is 1. The lowest BCUT2D eigenvalue weighted by Gasteiger charge is -2.35. The van der Waals surface area contributed by atoms with E-state index >= 15 is 0 Å². The van der Waals surface area contributed by atoms with Gasteiger partial charge < -0.3 is 10.1 Å². The molecule has 2 heterocycles. The lowest BCUT2D eigenvalue weighted by Crippen LogP contribution is -2.50. The van der Waals surface area contributed by atoms with Crippen LogP contribution in [0.2, 0.25) is 5.02 Å². The Balaban J connectivity index is 1.38. The molecule has 0 saturated carbocycles. The van der Waals surface area contributed by atoms with Gasteiger partial charge in [0.2, 0.25) is 5.91 Å². The molecule has 2 fully saturated rings. The van der Waals surface area contributed by atoms with Crippen LogP contribution < -0.4 is 5.32 Å². The molecule has 0 bridgehead atoms. The molecule has 4 nitrogen and oxygen atoms in total. The lowest BCUT2D eigenvalue weighted by molar-refractivity contribution is -0.120. The molecule has 0 spiro atoms. The Morgan fingerprint density at radius 2 is 2.32 bits per heavy atom. The molecule has 1 N–H and O–H groups in total. The van der Waals surface area contributed by atoms with Crippen molar-refractivity contribution in [3.8, 4) is 0 Å². The summed E-state index contributed by atoms with van der Waals surface area (Å²) in [5.74, 6) is 0.403. The molecule has 2 aliphatic heterocycles. The Labute approximate surface area is 140 Å². The molecule has 0 aromatic heterocycles. The predicted molar refractivity (Wildman–Crippen MR) is 89.5 cm³/mol. The van der Waals surface area contributed by atoms with Gasteiger partial charge in [0, 0.05) is 24.0 Å². The summed E-state index contributed by atoms with van der Waals surface area (Å²) < 4.78 is 5.84. The van der Waals surface area contributed by atoms with Crippen LogP contribution in [0.25, 0.3) is 0 Å². The number of rotatable bonds is 5. The number of fused-ring (bicyclic) bond motifs is 1. The third kappa shape index (κ3) is 4.16. The zero-order chi connectivity index (χ0) is 15.4. The van der Waals surface area contributed by atoms with E-state index in [4.69, 9.17) is 16.3 Å². The van der Waals surface area contributed by atoms with Crippen LogP contribution in [0.4, 0.5) is 0 Å². The number of nitrogens with zero attached hydrogens (tertiary/aromatic N) is 1. The van der Waals surface area contributed by atoms with Crippen molar-refractivity contribution in [3.05, 3.63) is 29.3 Å². The number of benzene rings is 1. The third-order valence-electron chi connectivity index (χ3n) is 4.18.